The van der Waals surface area contributed by atoms with Crippen LogP contribution in [0.2, 0.25) is 0 Å². The van der Waals surface area contributed by atoms with Gasteiger partial charge in [0.15, 0.2) is 5.78 Å². The molecule has 0 heterocycles. The number of amides is 2. The van der Waals surface area contributed by atoms with Gasteiger partial charge in [0.05, 0.1) is 39.6 Å². The smallest absolute Gasteiger partial charge is 0.290 e. The molecule has 0 fully saturated rings. The number of rotatable bonds is 20. The van der Waals surface area contributed by atoms with Crippen molar-refractivity contribution in [3.8, 4) is 0 Å². The summed E-state index contributed by atoms with van der Waals surface area (Å²) in [7, 11) is 7.44. The van der Waals surface area contributed by atoms with E-state index < -0.39 is 5.41 Å². The molecule has 0 aliphatic rings. The minimum Gasteiger partial charge on any atom is -0.483 e. The minimum atomic E-state index is -0.402. The summed E-state index contributed by atoms with van der Waals surface area (Å²) in [6.45, 7) is 10.9. The second-order valence-corrected chi connectivity index (χ2v) is 9.88. The first-order valence-electron chi connectivity index (χ1n) is 13.2. The summed E-state index contributed by atoms with van der Waals surface area (Å²) in [5.74, 6) is 0.0259. The molecule has 2 amide bonds. The molecule has 1 N–H and O–H groups in total. The highest BCUT2D eigenvalue weighted by Gasteiger charge is 2.20. The first kappa shape index (κ1) is 42.0. The van der Waals surface area contributed by atoms with Gasteiger partial charge in [0.25, 0.3) is 6.47 Å². The molecule has 13 nitrogen and oxygen atoms in total. The van der Waals surface area contributed by atoms with Crippen LogP contribution in [-0.4, -0.2) is 151 Å². The van der Waals surface area contributed by atoms with Crippen molar-refractivity contribution in [1.82, 2.24) is 14.7 Å². The van der Waals surface area contributed by atoms with Crippen molar-refractivity contribution in [3.05, 3.63) is 0 Å². The SMILES string of the molecule is CC=O.CN(C)CCCC(=O)N(C)CCOCCOCC(=O)N(C)CCOCCOCC(=O)C(C)(C)C.O=CO. The molecule has 40 heavy (non-hydrogen) atoms. The minimum absolute atomic E-state index is 0.0256. The molecule has 0 bridgehead atoms. The second-order valence-electron chi connectivity index (χ2n) is 9.88. The Morgan fingerprint density at radius 2 is 1.10 bits per heavy atom. The fourth-order valence-corrected chi connectivity index (χ4v) is 2.48. The zero-order valence-electron chi connectivity index (χ0n) is 25.8. The zero-order chi connectivity index (χ0) is 31.4. The molecular weight excluding hydrogens is 526 g/mol. The molecule has 236 valence electrons. The van der Waals surface area contributed by atoms with E-state index in [0.29, 0.717) is 59.2 Å². The largest absolute Gasteiger partial charge is 0.483 e. The number of aldehydes is 1. The van der Waals surface area contributed by atoms with Gasteiger partial charge < -0.3 is 43.5 Å². The van der Waals surface area contributed by atoms with Crippen LogP contribution in [-0.2, 0) is 42.9 Å². The molecular formula is C27H53N3O10. The van der Waals surface area contributed by atoms with Crippen molar-refractivity contribution < 1.29 is 48.0 Å². The van der Waals surface area contributed by atoms with Crippen LogP contribution in [0.5, 0.6) is 0 Å². The average molecular weight is 580 g/mol. The summed E-state index contributed by atoms with van der Waals surface area (Å²) in [5, 5.41) is 6.89. The third kappa shape index (κ3) is 30.1. The highest BCUT2D eigenvalue weighted by atomic mass is 16.5. The number of likely N-dealkylation sites (N-methyl/N-ethyl adjacent to an activating group) is 2. The lowest BCUT2D eigenvalue weighted by Gasteiger charge is -2.18. The quantitative estimate of drug-likeness (QED) is 0.161. The van der Waals surface area contributed by atoms with E-state index in [1.54, 1.807) is 23.9 Å². The fourth-order valence-electron chi connectivity index (χ4n) is 2.48. The van der Waals surface area contributed by atoms with Gasteiger partial charge in [-0.3, -0.25) is 19.2 Å². The van der Waals surface area contributed by atoms with E-state index in [0.717, 1.165) is 19.3 Å². The monoisotopic (exact) mass is 579 g/mol. The van der Waals surface area contributed by atoms with Gasteiger partial charge in [-0.15, -0.1) is 0 Å². The molecule has 0 radical (unpaired) electrons. The lowest BCUT2D eigenvalue weighted by molar-refractivity contribution is -0.136. The van der Waals surface area contributed by atoms with Crippen LogP contribution in [0.4, 0.5) is 0 Å². The standard InChI is InChI=1S/C24H47N3O7.C2H4O.CH2O2/c1-24(2,3)21(28)19-33-17-15-32-14-12-27(7)23(30)20-34-18-16-31-13-11-26(6)22(29)9-8-10-25(4)5;1-2-3;2-1-3/h8-20H2,1-7H3;2H,1H3;1H,(H,2,3). The average Bonchev–Trinajstić information content (AvgIpc) is 2.87. The Bertz CT molecular complexity index is 663. The molecule has 0 saturated carbocycles. The number of carbonyl (C=O) groups is 5. The van der Waals surface area contributed by atoms with Gasteiger partial charge >= 0.3 is 0 Å². The normalized spacial score (nSPS) is 10.5. The van der Waals surface area contributed by atoms with Crippen LogP contribution in [0.3, 0.4) is 0 Å². The van der Waals surface area contributed by atoms with Gasteiger partial charge in [-0.2, -0.15) is 0 Å². The maximum atomic E-state index is 12.1. The second kappa shape index (κ2) is 28.1. The molecule has 0 aromatic carbocycles. The predicted molar refractivity (Wildman–Crippen MR) is 151 cm³/mol. The predicted octanol–water partition coefficient (Wildman–Crippen LogP) is 0.833. The van der Waals surface area contributed by atoms with Gasteiger partial charge in [0.2, 0.25) is 11.8 Å². The summed E-state index contributed by atoms with van der Waals surface area (Å²) in [6.07, 6.45) is 2.12. The molecule has 0 aliphatic carbocycles. The zero-order valence-corrected chi connectivity index (χ0v) is 25.8. The van der Waals surface area contributed by atoms with Crippen LogP contribution < -0.4 is 0 Å². The van der Waals surface area contributed by atoms with Crippen molar-refractivity contribution in [3.63, 3.8) is 0 Å². The van der Waals surface area contributed by atoms with Crippen LogP contribution in [0.1, 0.15) is 40.5 Å². The van der Waals surface area contributed by atoms with Crippen LogP contribution in [0, 0.1) is 5.41 Å². The number of ketones is 1. The van der Waals surface area contributed by atoms with E-state index in [2.05, 4.69) is 4.90 Å². The Labute approximate surface area is 240 Å². The third-order valence-corrected chi connectivity index (χ3v) is 5.03. The number of hydrogen-bond acceptors (Lipinski definition) is 10. The van der Waals surface area contributed by atoms with Crippen LogP contribution in [0.15, 0.2) is 0 Å². The highest BCUT2D eigenvalue weighted by molar-refractivity contribution is 5.84. The van der Waals surface area contributed by atoms with Crippen molar-refractivity contribution >= 4 is 30.4 Å². The summed E-state index contributed by atoms with van der Waals surface area (Å²) in [5.41, 5.74) is -0.402. The van der Waals surface area contributed by atoms with Crippen molar-refractivity contribution in [2.24, 2.45) is 5.41 Å². The molecule has 0 unspecified atom stereocenters. The summed E-state index contributed by atoms with van der Waals surface area (Å²) < 4.78 is 21.6. The number of hydrogen-bond donors (Lipinski definition) is 1. The Morgan fingerprint density at radius 1 is 0.700 bits per heavy atom. The van der Waals surface area contributed by atoms with Gasteiger partial charge in [-0.05, 0) is 34.0 Å². The van der Waals surface area contributed by atoms with Gasteiger partial charge in [-0.1, -0.05) is 20.8 Å². The maximum absolute atomic E-state index is 12.1. The molecule has 0 aromatic rings. The first-order chi connectivity index (χ1) is 18.8. The van der Waals surface area contributed by atoms with Crippen LogP contribution >= 0.6 is 0 Å². The van der Waals surface area contributed by atoms with Gasteiger partial charge in [-0.25, -0.2) is 0 Å². The number of nitrogens with zero attached hydrogens (tertiary/aromatic N) is 3. The summed E-state index contributed by atoms with van der Waals surface area (Å²) in [6, 6.07) is 0. The number of carbonyl (C=O) groups excluding carboxylic acids is 4. The third-order valence-electron chi connectivity index (χ3n) is 5.03. The topological polar surface area (TPSA) is 152 Å². The molecule has 0 spiro atoms. The van der Waals surface area contributed by atoms with E-state index in [-0.39, 0.29) is 37.3 Å². The Kier molecular flexibility index (Phi) is 29.5. The lowest BCUT2D eigenvalue weighted by atomic mass is 9.91. The fraction of sp³-hybridized carbons (Fsp3) is 0.815. The molecule has 0 aliphatic heterocycles. The Morgan fingerprint density at radius 3 is 1.52 bits per heavy atom. The number of Topliss-reactive ketones (excluding diaryl/α,β-unsaturated/α-hetero) is 1. The summed E-state index contributed by atoms with van der Waals surface area (Å²) in [4.78, 5) is 58.2. The maximum Gasteiger partial charge on any atom is 0.290 e. The Balaban J connectivity index is -0.00000207. The van der Waals surface area contributed by atoms with E-state index in [9.17, 15) is 14.4 Å². The van der Waals surface area contributed by atoms with Crippen molar-refractivity contribution in [2.75, 3.05) is 101 Å². The molecule has 0 saturated heterocycles. The van der Waals surface area contributed by atoms with Gasteiger partial charge in [0, 0.05) is 39.0 Å². The van der Waals surface area contributed by atoms with Crippen molar-refractivity contribution in [2.45, 2.75) is 40.5 Å². The molecule has 13 heteroatoms. The lowest BCUT2D eigenvalue weighted by Crippen LogP contribution is -2.34. The Hall–Kier alpha value is -2.45. The van der Waals surface area contributed by atoms with E-state index >= 15 is 0 Å². The van der Waals surface area contributed by atoms with E-state index in [1.165, 1.54) is 6.92 Å². The molecule has 0 atom stereocenters. The number of carboxylic acid groups (broad SMARTS) is 1. The highest BCUT2D eigenvalue weighted by Crippen LogP contribution is 2.14. The first-order valence-corrected chi connectivity index (χ1v) is 13.2. The van der Waals surface area contributed by atoms with E-state index in [4.69, 9.17) is 33.6 Å². The van der Waals surface area contributed by atoms with Gasteiger partial charge in [0.1, 0.15) is 19.5 Å². The van der Waals surface area contributed by atoms with Crippen molar-refractivity contribution in [1.29, 1.82) is 0 Å². The van der Waals surface area contributed by atoms with E-state index in [1.807, 2.05) is 34.9 Å². The number of ether oxygens (including phenoxy) is 4. The van der Waals surface area contributed by atoms with Crippen LogP contribution in [0.25, 0.3) is 0 Å². The summed E-state index contributed by atoms with van der Waals surface area (Å²) >= 11 is 0. The molecule has 0 aromatic heterocycles. The molecule has 0 rings (SSSR count).